The summed E-state index contributed by atoms with van der Waals surface area (Å²) in [6.07, 6.45) is -2.98. The van der Waals surface area contributed by atoms with Gasteiger partial charge in [-0.15, -0.1) is 0 Å². The second-order valence-electron chi connectivity index (χ2n) is 5.41. The molecule has 0 fully saturated rings. The lowest BCUT2D eigenvalue weighted by Gasteiger charge is -2.11. The van der Waals surface area contributed by atoms with Crippen LogP contribution in [0.1, 0.15) is 47.2 Å². The predicted molar refractivity (Wildman–Crippen MR) is 80.3 cm³/mol. The van der Waals surface area contributed by atoms with E-state index in [1.807, 2.05) is 13.8 Å². The fraction of sp³-hybridized carbons (Fsp3) is 0.312. The minimum Gasteiger partial charge on any atom is -0.322 e. The van der Waals surface area contributed by atoms with Gasteiger partial charge in [0.25, 0.3) is 5.91 Å². The van der Waals surface area contributed by atoms with Gasteiger partial charge in [0.15, 0.2) is 0 Å². The van der Waals surface area contributed by atoms with Crippen LogP contribution in [-0.2, 0) is 6.18 Å². The van der Waals surface area contributed by atoms with Crippen LogP contribution >= 0.6 is 0 Å². The minimum absolute atomic E-state index is 0.140. The number of anilines is 1. The normalized spacial score (nSPS) is 11.6. The van der Waals surface area contributed by atoms with E-state index in [2.05, 4.69) is 15.3 Å². The van der Waals surface area contributed by atoms with Crippen molar-refractivity contribution in [1.82, 2.24) is 9.97 Å². The Hall–Kier alpha value is -2.44. The first-order valence-electron chi connectivity index (χ1n) is 7.00. The van der Waals surface area contributed by atoms with Gasteiger partial charge in [0.05, 0.1) is 16.8 Å². The standard InChI is InChI=1S/C16H16F3N3O/c1-9(2)14-20-8-13(10(3)21-14)15(23)22-12-6-4-11(5-7-12)16(17,18)19/h4-9H,1-3H3,(H,22,23). The monoisotopic (exact) mass is 323 g/mol. The molecule has 1 aromatic carbocycles. The van der Waals surface area contributed by atoms with Gasteiger partial charge in [-0.1, -0.05) is 13.8 Å². The highest BCUT2D eigenvalue weighted by molar-refractivity contribution is 6.04. The van der Waals surface area contributed by atoms with Gasteiger partial charge >= 0.3 is 6.18 Å². The third kappa shape index (κ3) is 4.06. The van der Waals surface area contributed by atoms with Gasteiger partial charge in [-0.25, -0.2) is 9.97 Å². The maximum Gasteiger partial charge on any atom is 0.416 e. The van der Waals surface area contributed by atoms with Crippen LogP contribution < -0.4 is 5.32 Å². The van der Waals surface area contributed by atoms with E-state index in [9.17, 15) is 18.0 Å². The molecule has 0 aliphatic heterocycles. The van der Waals surface area contributed by atoms with Crippen LogP contribution in [0, 0.1) is 6.92 Å². The largest absolute Gasteiger partial charge is 0.416 e. The minimum atomic E-state index is -4.40. The number of alkyl halides is 3. The summed E-state index contributed by atoms with van der Waals surface area (Å²) in [4.78, 5) is 20.6. The van der Waals surface area contributed by atoms with Crippen molar-refractivity contribution < 1.29 is 18.0 Å². The summed E-state index contributed by atoms with van der Waals surface area (Å²) >= 11 is 0. The average Bonchev–Trinajstić information content (AvgIpc) is 2.46. The molecule has 0 spiro atoms. The molecule has 7 heteroatoms. The van der Waals surface area contributed by atoms with Crippen molar-refractivity contribution in [3.63, 3.8) is 0 Å². The number of hydrogen-bond acceptors (Lipinski definition) is 3. The SMILES string of the molecule is Cc1nc(C(C)C)ncc1C(=O)Nc1ccc(C(F)(F)F)cc1. The lowest BCUT2D eigenvalue weighted by Crippen LogP contribution is -2.16. The highest BCUT2D eigenvalue weighted by atomic mass is 19.4. The average molecular weight is 323 g/mol. The molecule has 0 radical (unpaired) electrons. The number of carbonyl (C=O) groups is 1. The Kier molecular flexibility index (Phi) is 4.68. The third-order valence-corrected chi connectivity index (χ3v) is 3.23. The van der Waals surface area contributed by atoms with Crippen molar-refractivity contribution in [3.05, 3.63) is 53.1 Å². The number of hydrogen-bond donors (Lipinski definition) is 1. The summed E-state index contributed by atoms with van der Waals surface area (Å²) < 4.78 is 37.5. The highest BCUT2D eigenvalue weighted by Crippen LogP contribution is 2.29. The molecule has 2 rings (SSSR count). The number of rotatable bonds is 3. The molecule has 1 amide bonds. The Balaban J connectivity index is 2.16. The maximum atomic E-state index is 12.5. The van der Waals surface area contributed by atoms with Crippen LogP contribution in [0.2, 0.25) is 0 Å². The topological polar surface area (TPSA) is 54.9 Å². The lowest BCUT2D eigenvalue weighted by molar-refractivity contribution is -0.137. The molecule has 4 nitrogen and oxygen atoms in total. The quantitative estimate of drug-likeness (QED) is 0.922. The number of benzene rings is 1. The molecule has 0 saturated heterocycles. The summed E-state index contributed by atoms with van der Waals surface area (Å²) in [6, 6.07) is 4.25. The van der Waals surface area contributed by atoms with Crippen LogP contribution in [0.15, 0.2) is 30.5 Å². The lowest BCUT2D eigenvalue weighted by atomic mass is 10.1. The van der Waals surface area contributed by atoms with Crippen molar-refractivity contribution in [2.75, 3.05) is 5.32 Å². The Labute approximate surface area is 131 Å². The third-order valence-electron chi connectivity index (χ3n) is 3.23. The van der Waals surface area contributed by atoms with Crippen LogP contribution in [0.3, 0.4) is 0 Å². The molecule has 0 atom stereocenters. The number of carbonyl (C=O) groups excluding carboxylic acids is 1. The van der Waals surface area contributed by atoms with Gasteiger partial charge in [-0.2, -0.15) is 13.2 Å². The van der Waals surface area contributed by atoms with Crippen LogP contribution in [0.25, 0.3) is 0 Å². The van der Waals surface area contributed by atoms with Gasteiger partial charge in [-0.05, 0) is 31.2 Å². The number of aryl methyl sites for hydroxylation is 1. The van der Waals surface area contributed by atoms with E-state index in [1.54, 1.807) is 6.92 Å². The van der Waals surface area contributed by atoms with Gasteiger partial charge in [0.2, 0.25) is 0 Å². The zero-order valence-electron chi connectivity index (χ0n) is 12.9. The molecule has 1 heterocycles. The van der Waals surface area contributed by atoms with E-state index in [1.165, 1.54) is 18.3 Å². The Bertz CT molecular complexity index is 710. The Morgan fingerprint density at radius 2 is 1.78 bits per heavy atom. The van der Waals surface area contributed by atoms with E-state index in [-0.39, 0.29) is 17.2 Å². The predicted octanol–water partition coefficient (Wildman–Crippen LogP) is 4.18. The van der Waals surface area contributed by atoms with Crippen molar-refractivity contribution in [2.24, 2.45) is 0 Å². The van der Waals surface area contributed by atoms with E-state index >= 15 is 0 Å². The van der Waals surface area contributed by atoms with Gasteiger partial charge in [0.1, 0.15) is 5.82 Å². The summed E-state index contributed by atoms with van der Waals surface area (Å²) in [5.74, 6) is 0.312. The zero-order valence-corrected chi connectivity index (χ0v) is 12.9. The molecule has 23 heavy (non-hydrogen) atoms. The maximum absolute atomic E-state index is 12.5. The summed E-state index contributed by atoms with van der Waals surface area (Å²) in [7, 11) is 0. The number of amides is 1. The van der Waals surface area contributed by atoms with E-state index < -0.39 is 17.6 Å². The molecular weight excluding hydrogens is 307 g/mol. The van der Waals surface area contributed by atoms with Gasteiger partial charge < -0.3 is 5.32 Å². The number of nitrogens with zero attached hydrogens (tertiary/aromatic N) is 2. The van der Waals surface area contributed by atoms with Crippen molar-refractivity contribution >= 4 is 11.6 Å². The molecular formula is C16H16F3N3O. The summed E-state index contributed by atoms with van der Waals surface area (Å²) in [6.45, 7) is 5.57. The molecule has 0 unspecified atom stereocenters. The first-order chi connectivity index (χ1) is 10.7. The first-order valence-corrected chi connectivity index (χ1v) is 7.00. The van der Waals surface area contributed by atoms with E-state index in [0.717, 1.165) is 12.1 Å². The second-order valence-corrected chi connectivity index (χ2v) is 5.41. The fourth-order valence-corrected chi connectivity index (χ4v) is 1.93. The van der Waals surface area contributed by atoms with Crippen LogP contribution in [0.4, 0.5) is 18.9 Å². The van der Waals surface area contributed by atoms with E-state index in [4.69, 9.17) is 0 Å². The van der Waals surface area contributed by atoms with Gasteiger partial charge in [0, 0.05) is 17.8 Å². The highest BCUT2D eigenvalue weighted by Gasteiger charge is 2.30. The zero-order chi connectivity index (χ0) is 17.2. The van der Waals surface area contributed by atoms with Gasteiger partial charge in [-0.3, -0.25) is 4.79 Å². The van der Waals surface area contributed by atoms with Crippen LogP contribution in [0.5, 0.6) is 0 Å². The van der Waals surface area contributed by atoms with Crippen molar-refractivity contribution in [1.29, 1.82) is 0 Å². The molecule has 2 aromatic rings. The molecule has 0 aliphatic rings. The number of halogens is 3. The Morgan fingerprint density at radius 1 is 1.17 bits per heavy atom. The van der Waals surface area contributed by atoms with E-state index in [0.29, 0.717) is 11.5 Å². The molecule has 0 aliphatic carbocycles. The first kappa shape index (κ1) is 16.9. The summed E-state index contributed by atoms with van der Waals surface area (Å²) in [5.41, 5.74) is 0.314. The van der Waals surface area contributed by atoms with Crippen LogP contribution in [-0.4, -0.2) is 15.9 Å². The molecule has 0 bridgehead atoms. The summed E-state index contributed by atoms with van der Waals surface area (Å²) in [5, 5.41) is 2.54. The van der Waals surface area contributed by atoms with Crippen molar-refractivity contribution in [2.45, 2.75) is 32.9 Å². The fourth-order valence-electron chi connectivity index (χ4n) is 1.93. The smallest absolute Gasteiger partial charge is 0.322 e. The number of aromatic nitrogens is 2. The van der Waals surface area contributed by atoms with Crippen molar-refractivity contribution in [3.8, 4) is 0 Å². The molecule has 1 aromatic heterocycles. The molecule has 1 N–H and O–H groups in total. The second kappa shape index (κ2) is 6.36. The Morgan fingerprint density at radius 3 is 2.26 bits per heavy atom. The molecule has 122 valence electrons. The number of nitrogens with one attached hydrogen (secondary N) is 1. The molecule has 0 saturated carbocycles.